The normalized spacial score (nSPS) is 30.8. The lowest BCUT2D eigenvalue weighted by Crippen LogP contribution is -2.56. The lowest BCUT2D eigenvalue weighted by molar-refractivity contribution is -0.141. The van der Waals surface area contributed by atoms with Gasteiger partial charge in [-0.1, -0.05) is 0 Å². The van der Waals surface area contributed by atoms with Crippen LogP contribution < -0.4 is 0 Å². The van der Waals surface area contributed by atoms with Crippen molar-refractivity contribution in [3.63, 3.8) is 0 Å². The molecule has 2 aliphatic heterocycles. The molecule has 150 valence electrons. The Morgan fingerprint density at radius 2 is 1.70 bits per heavy atom. The number of nitrogens with zero attached hydrogens (tertiary/aromatic N) is 2. The maximum absolute atomic E-state index is 12.9. The molecule has 3 aliphatic rings. The summed E-state index contributed by atoms with van der Waals surface area (Å²) in [5, 5.41) is 0. The van der Waals surface area contributed by atoms with E-state index in [9.17, 15) is 21.6 Å². The summed E-state index contributed by atoms with van der Waals surface area (Å²) in [5.74, 6) is 0.868. The molecule has 1 aromatic heterocycles. The Hall–Kier alpha value is -1.15. The van der Waals surface area contributed by atoms with E-state index in [0.29, 0.717) is 17.5 Å². The summed E-state index contributed by atoms with van der Waals surface area (Å²) in [7, 11) is -2.79. The van der Waals surface area contributed by atoms with Gasteiger partial charge in [-0.3, -0.25) is 4.98 Å². The highest BCUT2D eigenvalue weighted by Crippen LogP contribution is 2.44. The van der Waals surface area contributed by atoms with Crippen LogP contribution in [0.4, 0.5) is 13.2 Å². The first-order valence-electron chi connectivity index (χ1n) is 9.64. The number of rotatable bonds is 2. The smallest absolute Gasteiger partial charge is 0.300 e. The van der Waals surface area contributed by atoms with Crippen LogP contribution in [0.1, 0.15) is 55.7 Å². The Morgan fingerprint density at radius 3 is 2.26 bits per heavy atom. The number of piperidine rings is 1. The predicted molar refractivity (Wildman–Crippen MR) is 96.1 cm³/mol. The highest BCUT2D eigenvalue weighted by Gasteiger charge is 2.50. The van der Waals surface area contributed by atoms with Crippen LogP contribution in [-0.4, -0.2) is 48.9 Å². The van der Waals surface area contributed by atoms with Crippen molar-refractivity contribution in [2.45, 2.75) is 56.7 Å². The van der Waals surface area contributed by atoms with E-state index >= 15 is 0 Å². The van der Waals surface area contributed by atoms with Gasteiger partial charge < -0.3 is 4.90 Å². The van der Waals surface area contributed by atoms with E-state index in [1.165, 1.54) is 12.3 Å². The second-order valence-electron chi connectivity index (χ2n) is 8.55. The summed E-state index contributed by atoms with van der Waals surface area (Å²) in [6.45, 7) is 1.89. The highest BCUT2D eigenvalue weighted by atomic mass is 32.2. The molecular formula is C19H25F3N2O2S. The van der Waals surface area contributed by atoms with Gasteiger partial charge in [-0.15, -0.1) is 0 Å². The van der Waals surface area contributed by atoms with Crippen molar-refractivity contribution < 1.29 is 21.6 Å². The van der Waals surface area contributed by atoms with Crippen LogP contribution in [0.5, 0.6) is 0 Å². The first kappa shape index (κ1) is 19.2. The molecule has 1 aliphatic carbocycles. The first-order chi connectivity index (χ1) is 12.7. The molecule has 4 rings (SSSR count). The van der Waals surface area contributed by atoms with Crippen LogP contribution in [0.3, 0.4) is 0 Å². The fraction of sp³-hybridized carbons (Fsp3) is 0.737. The minimum Gasteiger partial charge on any atom is -0.300 e. The molecule has 1 saturated carbocycles. The van der Waals surface area contributed by atoms with Crippen LogP contribution in [0.15, 0.2) is 18.3 Å². The number of halogens is 3. The van der Waals surface area contributed by atoms with Gasteiger partial charge in [0.15, 0.2) is 9.84 Å². The van der Waals surface area contributed by atoms with Crippen molar-refractivity contribution in [1.82, 2.24) is 9.88 Å². The summed E-state index contributed by atoms with van der Waals surface area (Å²) in [6.07, 6.45) is 2.52. The van der Waals surface area contributed by atoms with Gasteiger partial charge in [-0.25, -0.2) is 8.42 Å². The third-order valence-corrected chi connectivity index (χ3v) is 8.77. The molecule has 27 heavy (non-hydrogen) atoms. The number of pyridine rings is 1. The van der Waals surface area contributed by atoms with Crippen molar-refractivity contribution in [2.24, 2.45) is 5.41 Å². The van der Waals surface area contributed by atoms with Crippen LogP contribution in [0, 0.1) is 5.41 Å². The molecule has 3 fully saturated rings. The predicted octanol–water partition coefficient (Wildman–Crippen LogP) is 3.64. The van der Waals surface area contributed by atoms with Crippen LogP contribution in [-0.2, 0) is 16.0 Å². The van der Waals surface area contributed by atoms with E-state index in [2.05, 4.69) is 9.88 Å². The van der Waals surface area contributed by atoms with E-state index in [4.69, 9.17) is 0 Å². The largest absolute Gasteiger partial charge is 0.433 e. The molecule has 0 radical (unpaired) electrons. The molecule has 1 spiro atoms. The fourth-order valence-electron chi connectivity index (χ4n) is 5.17. The summed E-state index contributed by atoms with van der Waals surface area (Å²) >= 11 is 0. The quantitative estimate of drug-likeness (QED) is 0.758. The molecule has 0 unspecified atom stereocenters. The first-order valence-corrected chi connectivity index (χ1v) is 11.5. The van der Waals surface area contributed by atoms with Gasteiger partial charge in [0.2, 0.25) is 0 Å². The molecule has 3 heterocycles. The Morgan fingerprint density at radius 1 is 1.07 bits per heavy atom. The molecule has 0 bridgehead atoms. The molecule has 8 heteroatoms. The SMILES string of the molecule is O=S1(=O)CC2(CCN([C@H]3CC[C@H](c4ccnc(C(F)(F)F)c4)CC3)CC2)C1. The number of likely N-dealkylation sites (tertiary alicyclic amines) is 1. The molecule has 1 aromatic rings. The monoisotopic (exact) mass is 402 g/mol. The Labute approximate surface area is 158 Å². The molecule has 0 amide bonds. The summed E-state index contributed by atoms with van der Waals surface area (Å²) in [4.78, 5) is 5.93. The fourth-order valence-corrected chi connectivity index (χ4v) is 7.53. The zero-order valence-electron chi connectivity index (χ0n) is 15.2. The number of alkyl halides is 3. The van der Waals surface area contributed by atoms with Gasteiger partial charge in [-0.05, 0) is 75.2 Å². The van der Waals surface area contributed by atoms with Gasteiger partial charge in [0.05, 0.1) is 11.5 Å². The summed E-state index contributed by atoms with van der Waals surface area (Å²) < 4.78 is 61.7. The van der Waals surface area contributed by atoms with E-state index in [1.807, 2.05) is 0 Å². The Bertz CT molecular complexity index is 779. The van der Waals surface area contributed by atoms with Crippen molar-refractivity contribution in [3.8, 4) is 0 Å². The van der Waals surface area contributed by atoms with Crippen molar-refractivity contribution in [3.05, 3.63) is 29.6 Å². The minimum atomic E-state index is -4.40. The molecule has 4 nitrogen and oxygen atoms in total. The summed E-state index contributed by atoms with van der Waals surface area (Å²) in [5.41, 5.74) is -0.0376. The van der Waals surface area contributed by atoms with Crippen molar-refractivity contribution in [1.29, 1.82) is 0 Å². The number of aromatic nitrogens is 1. The zero-order chi connectivity index (χ0) is 19.3. The Kier molecular flexibility index (Phi) is 4.78. The second-order valence-corrected chi connectivity index (χ2v) is 10.6. The third-order valence-electron chi connectivity index (χ3n) is 6.67. The van der Waals surface area contributed by atoms with Crippen molar-refractivity contribution >= 4 is 9.84 Å². The highest BCUT2D eigenvalue weighted by molar-refractivity contribution is 7.92. The molecular weight excluding hydrogens is 377 g/mol. The maximum Gasteiger partial charge on any atom is 0.433 e. The van der Waals surface area contributed by atoms with E-state index in [-0.39, 0.29) is 11.3 Å². The second kappa shape index (κ2) is 6.72. The van der Waals surface area contributed by atoms with Gasteiger partial charge in [0.25, 0.3) is 0 Å². The van der Waals surface area contributed by atoms with Gasteiger partial charge in [0.1, 0.15) is 5.69 Å². The van der Waals surface area contributed by atoms with Gasteiger partial charge in [-0.2, -0.15) is 13.2 Å². The molecule has 0 N–H and O–H groups in total. The minimum absolute atomic E-state index is 0.0254. The van der Waals surface area contributed by atoms with E-state index < -0.39 is 21.7 Å². The van der Waals surface area contributed by atoms with Crippen molar-refractivity contribution in [2.75, 3.05) is 24.6 Å². The Balaban J connectivity index is 1.31. The topological polar surface area (TPSA) is 50.3 Å². The molecule has 0 atom stereocenters. The number of hydrogen-bond donors (Lipinski definition) is 0. The average Bonchev–Trinajstić information content (AvgIpc) is 2.60. The molecule has 0 aromatic carbocycles. The van der Waals surface area contributed by atoms with Gasteiger partial charge in [0, 0.05) is 17.7 Å². The van der Waals surface area contributed by atoms with E-state index in [1.54, 1.807) is 6.07 Å². The number of sulfone groups is 1. The lowest BCUT2D eigenvalue weighted by Gasteiger charge is -2.49. The zero-order valence-corrected chi connectivity index (χ0v) is 16.0. The van der Waals surface area contributed by atoms with E-state index in [0.717, 1.165) is 57.2 Å². The number of hydrogen-bond acceptors (Lipinski definition) is 4. The standard InChI is InChI=1S/C19H25F3N2O2S/c20-19(21,22)17-11-15(5-8-23-17)14-1-3-16(4-2-14)24-9-6-18(7-10-24)12-27(25,26)13-18/h5,8,11,14,16H,1-4,6-7,9-10,12-13H2/t14-,16-. The maximum atomic E-state index is 12.9. The summed E-state index contributed by atoms with van der Waals surface area (Å²) in [6, 6.07) is 3.38. The van der Waals surface area contributed by atoms with Crippen LogP contribution in [0.25, 0.3) is 0 Å². The molecule has 2 saturated heterocycles. The average molecular weight is 402 g/mol. The van der Waals surface area contributed by atoms with Gasteiger partial charge >= 0.3 is 6.18 Å². The third kappa shape index (κ3) is 4.01. The van der Waals surface area contributed by atoms with Crippen LogP contribution in [0.2, 0.25) is 0 Å². The van der Waals surface area contributed by atoms with Crippen LogP contribution >= 0.6 is 0 Å². The lowest BCUT2D eigenvalue weighted by atomic mass is 9.78.